The van der Waals surface area contributed by atoms with Crippen LogP contribution in [0.1, 0.15) is 63.6 Å². The highest BCUT2D eigenvalue weighted by Gasteiger charge is 2.23. The Labute approximate surface area is 212 Å². The molecule has 2 unspecified atom stereocenters. The second kappa shape index (κ2) is 11.5. The Morgan fingerprint density at radius 1 is 0.889 bits per heavy atom. The van der Waals surface area contributed by atoms with E-state index in [1.54, 1.807) is 19.2 Å². The first-order valence-corrected chi connectivity index (χ1v) is 12.2. The molecule has 0 saturated heterocycles. The summed E-state index contributed by atoms with van der Waals surface area (Å²) >= 11 is 0. The fourth-order valence-corrected chi connectivity index (χ4v) is 4.61. The molecule has 0 bridgehead atoms. The summed E-state index contributed by atoms with van der Waals surface area (Å²) in [5.74, 6) is -0.336. The maximum atomic E-state index is 12.2. The molecule has 0 spiro atoms. The van der Waals surface area contributed by atoms with E-state index in [0.29, 0.717) is 18.6 Å². The lowest BCUT2D eigenvalue weighted by Gasteiger charge is -2.23. The molecule has 0 fully saturated rings. The number of carbonyl (C=O) groups is 1. The zero-order valence-corrected chi connectivity index (χ0v) is 20.8. The summed E-state index contributed by atoms with van der Waals surface area (Å²) in [7, 11) is 0. The van der Waals surface area contributed by atoms with Crippen LogP contribution in [0.25, 0.3) is 11.1 Å². The molecular weight excluding hydrogens is 448 g/mol. The number of carbonyl (C=O) groups excluding carboxylic acids is 1. The number of aryl methyl sites for hydroxylation is 2. The molecule has 0 aliphatic heterocycles. The predicted molar refractivity (Wildman–Crippen MR) is 143 cm³/mol. The molecule has 2 atom stereocenters. The third-order valence-electron chi connectivity index (χ3n) is 6.48. The van der Waals surface area contributed by atoms with Crippen molar-refractivity contribution in [2.24, 2.45) is 5.18 Å². The molecule has 4 rings (SSSR count). The van der Waals surface area contributed by atoms with Crippen LogP contribution in [0.15, 0.2) is 96.3 Å². The first-order chi connectivity index (χ1) is 17.5. The molecule has 0 aliphatic rings. The number of benzene rings is 3. The van der Waals surface area contributed by atoms with Gasteiger partial charge in [0.1, 0.15) is 6.04 Å². The average Bonchev–Trinajstić information content (AvgIpc) is 2.90. The van der Waals surface area contributed by atoms with Crippen molar-refractivity contribution in [3.63, 3.8) is 0 Å². The zero-order chi connectivity index (χ0) is 25.5. The van der Waals surface area contributed by atoms with Gasteiger partial charge in [0.25, 0.3) is 0 Å². The fraction of sp³-hybridized carbons (Fsp3) is 0.226. The Kier molecular flexibility index (Phi) is 8.01. The van der Waals surface area contributed by atoms with Crippen LogP contribution in [0.2, 0.25) is 0 Å². The van der Waals surface area contributed by atoms with Gasteiger partial charge in [-0.05, 0) is 84.8 Å². The minimum Gasteiger partial charge on any atom is -0.462 e. The van der Waals surface area contributed by atoms with E-state index >= 15 is 0 Å². The second-order valence-electron chi connectivity index (χ2n) is 8.92. The van der Waals surface area contributed by atoms with E-state index < -0.39 is 6.04 Å². The van der Waals surface area contributed by atoms with Gasteiger partial charge in [0.15, 0.2) is 0 Å². The number of esters is 1. The number of nitrogens with zero attached hydrogens (tertiary/aromatic N) is 2. The van der Waals surface area contributed by atoms with Crippen LogP contribution in [0.3, 0.4) is 0 Å². The van der Waals surface area contributed by atoms with Gasteiger partial charge in [-0.3, -0.25) is 4.98 Å². The van der Waals surface area contributed by atoms with Gasteiger partial charge >= 0.3 is 5.97 Å². The molecule has 182 valence electrons. The van der Waals surface area contributed by atoms with Gasteiger partial charge in [-0.15, -0.1) is 0 Å². The van der Waals surface area contributed by atoms with Gasteiger partial charge in [-0.1, -0.05) is 65.8 Å². The van der Waals surface area contributed by atoms with Crippen molar-refractivity contribution in [3.8, 4) is 11.1 Å². The summed E-state index contributed by atoms with van der Waals surface area (Å²) in [6.45, 7) is 6.15. The number of rotatable bonds is 9. The molecule has 4 aromatic rings. The van der Waals surface area contributed by atoms with E-state index in [1.807, 2.05) is 49.4 Å². The molecule has 0 amide bonds. The molecule has 1 heterocycles. The summed E-state index contributed by atoms with van der Waals surface area (Å²) in [6, 6.07) is 27.4. The molecule has 0 saturated carbocycles. The normalized spacial score (nSPS) is 12.5. The number of pyridine rings is 1. The minimum absolute atomic E-state index is 0.0118. The van der Waals surface area contributed by atoms with Crippen LogP contribution in [-0.2, 0) is 4.74 Å². The number of hydrogen-bond donors (Lipinski definition) is 0. The standard InChI is InChI=1S/C31H30N2O3/c1-4-36-31(34)27-10-7-9-25(19-27)23-12-14-24(15-13-23)29(28-11-6-5-8-21(28)2)20-30(33-35)26-16-17-32-22(3)18-26/h5-19,29-30H,4,20H2,1-3H3. The first-order valence-electron chi connectivity index (χ1n) is 12.2. The smallest absolute Gasteiger partial charge is 0.338 e. The molecule has 5 nitrogen and oxygen atoms in total. The van der Waals surface area contributed by atoms with Crippen LogP contribution < -0.4 is 0 Å². The minimum atomic E-state index is -0.489. The van der Waals surface area contributed by atoms with Crippen LogP contribution in [0, 0.1) is 18.8 Å². The Morgan fingerprint density at radius 2 is 1.67 bits per heavy atom. The maximum absolute atomic E-state index is 12.2. The topological polar surface area (TPSA) is 68.6 Å². The van der Waals surface area contributed by atoms with Crippen molar-refractivity contribution in [2.45, 2.75) is 39.2 Å². The lowest BCUT2D eigenvalue weighted by molar-refractivity contribution is 0.0526. The Morgan fingerprint density at radius 3 is 2.36 bits per heavy atom. The van der Waals surface area contributed by atoms with Crippen molar-refractivity contribution in [2.75, 3.05) is 6.61 Å². The zero-order valence-electron chi connectivity index (χ0n) is 20.8. The van der Waals surface area contributed by atoms with E-state index in [-0.39, 0.29) is 11.9 Å². The van der Waals surface area contributed by atoms with Crippen molar-refractivity contribution < 1.29 is 9.53 Å². The maximum Gasteiger partial charge on any atom is 0.338 e. The molecule has 0 aliphatic carbocycles. The first kappa shape index (κ1) is 25.0. The molecule has 1 aromatic heterocycles. The van der Waals surface area contributed by atoms with Crippen molar-refractivity contribution in [1.29, 1.82) is 0 Å². The SMILES string of the molecule is CCOC(=O)c1cccc(-c2ccc(C(CC(N=O)c3ccnc(C)c3)c3ccccc3C)cc2)c1. The number of aromatic nitrogens is 1. The summed E-state index contributed by atoms with van der Waals surface area (Å²) in [5.41, 5.74) is 7.67. The fourth-order valence-electron chi connectivity index (χ4n) is 4.61. The van der Waals surface area contributed by atoms with E-state index in [0.717, 1.165) is 27.9 Å². The molecule has 0 radical (unpaired) electrons. The van der Waals surface area contributed by atoms with Gasteiger partial charge < -0.3 is 4.74 Å². The quantitative estimate of drug-likeness (QED) is 0.184. The lowest BCUT2D eigenvalue weighted by atomic mass is 9.82. The molecule has 3 aromatic carbocycles. The van der Waals surface area contributed by atoms with Gasteiger partial charge in [0, 0.05) is 17.8 Å². The number of nitroso groups, excluding NO2 is 1. The second-order valence-corrected chi connectivity index (χ2v) is 8.92. The van der Waals surface area contributed by atoms with Crippen LogP contribution in [-0.4, -0.2) is 17.6 Å². The van der Waals surface area contributed by atoms with E-state index in [9.17, 15) is 9.70 Å². The third kappa shape index (κ3) is 5.74. The summed E-state index contributed by atoms with van der Waals surface area (Å²) in [6.07, 6.45) is 2.28. The monoisotopic (exact) mass is 478 g/mol. The molecule has 5 heteroatoms. The Balaban J connectivity index is 1.68. The van der Waals surface area contributed by atoms with Crippen LogP contribution >= 0.6 is 0 Å². The third-order valence-corrected chi connectivity index (χ3v) is 6.48. The summed E-state index contributed by atoms with van der Waals surface area (Å²) in [5, 5.41) is 3.50. The van der Waals surface area contributed by atoms with Crippen molar-refractivity contribution >= 4 is 5.97 Å². The highest BCUT2D eigenvalue weighted by molar-refractivity contribution is 5.91. The van der Waals surface area contributed by atoms with Gasteiger partial charge in [-0.2, -0.15) is 4.91 Å². The van der Waals surface area contributed by atoms with E-state index in [4.69, 9.17) is 4.74 Å². The highest BCUT2D eigenvalue weighted by atomic mass is 16.5. The highest BCUT2D eigenvalue weighted by Crippen LogP contribution is 2.38. The molecular formula is C31H30N2O3. The van der Waals surface area contributed by atoms with E-state index in [2.05, 4.69) is 53.5 Å². The largest absolute Gasteiger partial charge is 0.462 e. The van der Waals surface area contributed by atoms with Gasteiger partial charge in [-0.25, -0.2) is 4.79 Å². The van der Waals surface area contributed by atoms with E-state index in [1.165, 1.54) is 11.1 Å². The van der Waals surface area contributed by atoms with Gasteiger partial charge in [0.05, 0.1) is 12.2 Å². The molecule has 0 N–H and O–H groups in total. The number of ether oxygens (including phenoxy) is 1. The van der Waals surface area contributed by atoms with Gasteiger partial charge in [0.2, 0.25) is 0 Å². The predicted octanol–water partition coefficient (Wildman–Crippen LogP) is 7.57. The van der Waals surface area contributed by atoms with Crippen LogP contribution in [0.5, 0.6) is 0 Å². The Hall–Kier alpha value is -4.12. The summed E-state index contributed by atoms with van der Waals surface area (Å²) in [4.78, 5) is 28.4. The number of hydrogen-bond acceptors (Lipinski definition) is 5. The van der Waals surface area contributed by atoms with Crippen molar-refractivity contribution in [3.05, 3.63) is 130 Å². The van der Waals surface area contributed by atoms with Crippen LogP contribution in [0.4, 0.5) is 0 Å². The van der Waals surface area contributed by atoms with Crippen molar-refractivity contribution in [1.82, 2.24) is 4.98 Å². The average molecular weight is 479 g/mol. The lowest BCUT2D eigenvalue weighted by Crippen LogP contribution is -2.09. The summed E-state index contributed by atoms with van der Waals surface area (Å²) < 4.78 is 5.14. The Bertz CT molecular complexity index is 1350. The molecule has 36 heavy (non-hydrogen) atoms.